The molecule has 0 atom stereocenters. The molecule has 45 heavy (non-hydrogen) atoms. The number of piperidine rings is 1. The SMILES string of the molecule is Nc1ncc(-c2cnn(C3CCNCC3)c2)c2cc(-c3csc4cnc(O)cc34)oc12.O=C(O)C(F)(F)F.O=C(O)C(F)(F)F. The van der Waals surface area contributed by atoms with E-state index in [1.165, 1.54) is 0 Å². The fourth-order valence-corrected chi connectivity index (χ4v) is 5.16. The Bertz CT molecular complexity index is 1800. The number of aromatic hydroxyl groups is 1. The van der Waals surface area contributed by atoms with Crippen LogP contribution in [0.15, 0.2) is 46.7 Å². The van der Waals surface area contributed by atoms with Gasteiger partial charge in [-0.1, -0.05) is 0 Å². The van der Waals surface area contributed by atoms with E-state index < -0.39 is 24.3 Å². The molecule has 5 aromatic heterocycles. The minimum absolute atomic E-state index is 0.0181. The minimum Gasteiger partial charge on any atom is -0.493 e. The summed E-state index contributed by atoms with van der Waals surface area (Å²) in [7, 11) is 0. The zero-order valence-corrected chi connectivity index (χ0v) is 23.4. The first-order chi connectivity index (χ1) is 21.1. The number of aromatic nitrogens is 4. The highest BCUT2D eigenvalue weighted by Crippen LogP contribution is 2.41. The fraction of sp³-hybridized carbons (Fsp3) is 0.269. The third-order valence-electron chi connectivity index (χ3n) is 6.38. The number of thiophene rings is 1. The number of carboxylic acids is 2. The number of hydrogen-bond donors (Lipinski definition) is 5. The van der Waals surface area contributed by atoms with Crippen LogP contribution < -0.4 is 11.1 Å². The number of nitrogen functional groups attached to an aromatic ring is 1. The Morgan fingerprint density at radius 3 is 2.18 bits per heavy atom. The van der Waals surface area contributed by atoms with Gasteiger partial charge in [-0.25, -0.2) is 19.6 Å². The van der Waals surface area contributed by atoms with Crippen molar-refractivity contribution in [3.63, 3.8) is 0 Å². The average Bonchev–Trinajstić information content (AvgIpc) is 3.72. The first-order valence-corrected chi connectivity index (χ1v) is 13.5. The number of nitrogens with two attached hydrogens (primary N) is 1. The number of aliphatic carboxylic acids is 2. The van der Waals surface area contributed by atoms with Crippen molar-refractivity contribution in [1.82, 2.24) is 25.1 Å². The summed E-state index contributed by atoms with van der Waals surface area (Å²) in [5.41, 5.74) is 9.52. The molecule has 0 amide bonds. The molecule has 0 aliphatic carbocycles. The monoisotopic (exact) mass is 660 g/mol. The zero-order valence-electron chi connectivity index (χ0n) is 22.6. The van der Waals surface area contributed by atoms with Gasteiger partial charge in [0.2, 0.25) is 5.88 Å². The third kappa shape index (κ3) is 7.79. The molecule has 0 spiro atoms. The number of alkyl halides is 6. The van der Waals surface area contributed by atoms with Gasteiger partial charge in [0.15, 0.2) is 11.4 Å². The smallest absolute Gasteiger partial charge is 0.490 e. The number of carboxylic acid groups (broad SMARTS) is 2. The molecule has 12 nitrogen and oxygen atoms in total. The van der Waals surface area contributed by atoms with Gasteiger partial charge in [0, 0.05) is 57.5 Å². The molecule has 0 radical (unpaired) electrons. The van der Waals surface area contributed by atoms with E-state index in [0.29, 0.717) is 23.2 Å². The van der Waals surface area contributed by atoms with Crippen molar-refractivity contribution >= 4 is 50.1 Å². The number of rotatable bonds is 3. The molecule has 1 fully saturated rings. The Kier molecular flexibility index (Phi) is 9.52. The summed E-state index contributed by atoms with van der Waals surface area (Å²) in [6, 6.07) is 4.05. The number of fused-ring (bicyclic) bond motifs is 2. The van der Waals surface area contributed by atoms with Gasteiger partial charge in [-0.05, 0) is 32.0 Å². The first-order valence-electron chi connectivity index (χ1n) is 12.7. The Morgan fingerprint density at radius 1 is 0.956 bits per heavy atom. The molecular weight excluding hydrogens is 638 g/mol. The van der Waals surface area contributed by atoms with E-state index in [1.807, 2.05) is 17.6 Å². The minimum atomic E-state index is -5.08. The van der Waals surface area contributed by atoms with Crippen LogP contribution in [-0.2, 0) is 9.59 Å². The second-order valence-corrected chi connectivity index (χ2v) is 10.3. The van der Waals surface area contributed by atoms with Crippen LogP contribution in [0.25, 0.3) is 43.5 Å². The summed E-state index contributed by atoms with van der Waals surface area (Å²) < 4.78 is 72.7. The lowest BCUT2D eigenvalue weighted by Gasteiger charge is -2.22. The van der Waals surface area contributed by atoms with Crippen molar-refractivity contribution in [3.8, 4) is 28.3 Å². The number of furan rings is 1. The number of halogens is 6. The van der Waals surface area contributed by atoms with Crippen molar-refractivity contribution in [1.29, 1.82) is 0 Å². The Hall–Kier alpha value is -4.91. The molecule has 6 rings (SSSR count). The second-order valence-electron chi connectivity index (χ2n) is 9.39. The van der Waals surface area contributed by atoms with Crippen molar-refractivity contribution in [2.75, 3.05) is 18.8 Å². The van der Waals surface area contributed by atoms with Crippen LogP contribution in [0, 0.1) is 0 Å². The van der Waals surface area contributed by atoms with Gasteiger partial charge in [-0.15, -0.1) is 11.3 Å². The molecule has 0 aromatic carbocycles. The van der Waals surface area contributed by atoms with Crippen LogP contribution in [0.5, 0.6) is 5.88 Å². The van der Waals surface area contributed by atoms with Crippen molar-refractivity contribution in [2.45, 2.75) is 31.2 Å². The van der Waals surface area contributed by atoms with Crippen molar-refractivity contribution in [2.24, 2.45) is 0 Å². The van der Waals surface area contributed by atoms with E-state index in [0.717, 1.165) is 58.1 Å². The number of nitrogens with one attached hydrogen (secondary N) is 1. The summed E-state index contributed by atoms with van der Waals surface area (Å²) >= 11 is 1.55. The van der Waals surface area contributed by atoms with E-state index in [4.69, 9.17) is 30.0 Å². The van der Waals surface area contributed by atoms with Crippen LogP contribution in [0.3, 0.4) is 0 Å². The van der Waals surface area contributed by atoms with E-state index in [1.54, 1.807) is 29.8 Å². The van der Waals surface area contributed by atoms with Gasteiger partial charge < -0.3 is 30.8 Å². The molecule has 240 valence electrons. The van der Waals surface area contributed by atoms with Gasteiger partial charge in [0.05, 0.1) is 16.9 Å². The molecule has 5 aromatic rings. The topological polar surface area (TPSA) is 190 Å². The Labute approximate surface area is 251 Å². The summed E-state index contributed by atoms with van der Waals surface area (Å²) in [5, 5.41) is 35.9. The van der Waals surface area contributed by atoms with Gasteiger partial charge in [-0.3, -0.25) is 4.68 Å². The molecule has 6 N–H and O–H groups in total. The first kappa shape index (κ1) is 33.0. The Morgan fingerprint density at radius 2 is 1.58 bits per heavy atom. The van der Waals surface area contributed by atoms with E-state index in [2.05, 4.69) is 31.3 Å². The van der Waals surface area contributed by atoms with E-state index >= 15 is 0 Å². The molecule has 1 aliphatic rings. The Balaban J connectivity index is 0.000000277. The normalized spacial score (nSPS) is 14.0. The van der Waals surface area contributed by atoms with Crippen LogP contribution >= 0.6 is 11.3 Å². The highest BCUT2D eigenvalue weighted by Gasteiger charge is 2.38. The number of carbonyl (C=O) groups is 2. The van der Waals surface area contributed by atoms with Crippen LogP contribution in [0.2, 0.25) is 0 Å². The zero-order chi connectivity index (χ0) is 33.1. The maximum Gasteiger partial charge on any atom is 0.490 e. The molecule has 0 saturated carbocycles. The van der Waals surface area contributed by atoms with Gasteiger partial charge >= 0.3 is 24.3 Å². The molecule has 19 heteroatoms. The predicted molar refractivity (Wildman–Crippen MR) is 148 cm³/mol. The highest BCUT2D eigenvalue weighted by molar-refractivity contribution is 7.17. The largest absolute Gasteiger partial charge is 0.493 e. The lowest BCUT2D eigenvalue weighted by molar-refractivity contribution is -0.193. The highest BCUT2D eigenvalue weighted by atomic mass is 32.1. The molecule has 0 bridgehead atoms. The number of nitrogens with zero attached hydrogens (tertiary/aromatic N) is 4. The lowest BCUT2D eigenvalue weighted by atomic mass is 10.1. The number of pyridine rings is 2. The molecule has 0 unspecified atom stereocenters. The quantitative estimate of drug-likeness (QED) is 0.155. The van der Waals surface area contributed by atoms with Gasteiger partial charge in [0.25, 0.3) is 0 Å². The summed E-state index contributed by atoms with van der Waals surface area (Å²) in [6.45, 7) is 2.02. The maximum atomic E-state index is 10.6. The van der Waals surface area contributed by atoms with Crippen LogP contribution in [0.1, 0.15) is 18.9 Å². The molecule has 6 heterocycles. The fourth-order valence-electron chi connectivity index (χ4n) is 4.27. The number of hydrogen-bond acceptors (Lipinski definition) is 10. The molecule has 1 aliphatic heterocycles. The van der Waals surface area contributed by atoms with Crippen molar-refractivity contribution < 1.29 is 55.7 Å². The second kappa shape index (κ2) is 13.0. The molecule has 1 saturated heterocycles. The van der Waals surface area contributed by atoms with E-state index in [-0.39, 0.29) is 5.88 Å². The van der Waals surface area contributed by atoms with Crippen LogP contribution in [0.4, 0.5) is 32.2 Å². The van der Waals surface area contributed by atoms with Gasteiger partial charge in [-0.2, -0.15) is 31.4 Å². The predicted octanol–water partition coefficient (Wildman–Crippen LogP) is 5.45. The van der Waals surface area contributed by atoms with Crippen molar-refractivity contribution in [3.05, 3.63) is 42.3 Å². The summed E-state index contributed by atoms with van der Waals surface area (Å²) in [6.07, 6.45) is -0.622. The average molecular weight is 661 g/mol. The van der Waals surface area contributed by atoms with Crippen LogP contribution in [-0.4, -0.2) is 72.4 Å². The lowest BCUT2D eigenvalue weighted by Crippen LogP contribution is -2.29. The van der Waals surface area contributed by atoms with Gasteiger partial charge in [0.1, 0.15) is 5.76 Å². The maximum absolute atomic E-state index is 10.6. The molecular formula is C26H22F6N6O6S. The standard InChI is InChI=1S/C22H20N6O2S.2C2HF3O2/c23-22-21-15(5-18(30-21)17-11-31-19-9-25-20(29)6-14(17)19)16(8-26-22)12-7-27-28(10-12)13-1-3-24-4-2-13;2*3-2(4,5)1(6)7/h5-11,13,24H,1-4H2,(H2,23,26)(H,25,29);2*(H,6,7). The number of anilines is 1. The summed E-state index contributed by atoms with van der Waals surface area (Å²) in [4.78, 5) is 26.1. The third-order valence-corrected chi connectivity index (χ3v) is 7.31. The van der Waals surface area contributed by atoms with E-state index in [9.17, 15) is 31.4 Å². The summed E-state index contributed by atoms with van der Waals surface area (Å²) in [5.74, 6) is -4.51.